The number of aromatic nitrogens is 1. The Morgan fingerprint density at radius 1 is 1.12 bits per heavy atom. The Kier molecular flexibility index (Phi) is 7.83. The molecule has 0 saturated carbocycles. The van der Waals surface area contributed by atoms with Crippen LogP contribution in [0, 0.1) is 11.8 Å². The molecule has 1 amide bonds. The number of amides is 1. The fourth-order valence-electron chi connectivity index (χ4n) is 4.97. The van der Waals surface area contributed by atoms with Crippen molar-refractivity contribution in [1.29, 1.82) is 0 Å². The van der Waals surface area contributed by atoms with Crippen LogP contribution in [0.15, 0.2) is 24.4 Å². The first-order valence-corrected chi connectivity index (χ1v) is 13.5. The molecular formula is C26H39N3O2S. The lowest BCUT2D eigenvalue weighted by Crippen LogP contribution is -2.46. The van der Waals surface area contributed by atoms with Gasteiger partial charge in [-0.05, 0) is 89.6 Å². The summed E-state index contributed by atoms with van der Waals surface area (Å²) in [7, 11) is 0. The summed E-state index contributed by atoms with van der Waals surface area (Å²) in [4.78, 5) is 22.1. The van der Waals surface area contributed by atoms with Gasteiger partial charge in [0, 0.05) is 36.1 Å². The van der Waals surface area contributed by atoms with Gasteiger partial charge in [0.1, 0.15) is 5.75 Å². The van der Waals surface area contributed by atoms with E-state index in [2.05, 4.69) is 53.8 Å². The molecule has 0 N–H and O–H groups in total. The van der Waals surface area contributed by atoms with Gasteiger partial charge in [-0.3, -0.25) is 14.7 Å². The fourth-order valence-corrected chi connectivity index (χ4v) is 5.88. The van der Waals surface area contributed by atoms with Gasteiger partial charge in [0.25, 0.3) is 0 Å². The molecular weight excluding hydrogens is 418 g/mol. The Balaban J connectivity index is 1.23. The molecule has 1 aromatic heterocycles. The molecule has 0 radical (unpaired) electrons. The van der Waals surface area contributed by atoms with Crippen molar-refractivity contribution in [3.05, 3.63) is 30.1 Å². The topological polar surface area (TPSA) is 45.7 Å². The van der Waals surface area contributed by atoms with E-state index in [1.807, 2.05) is 18.0 Å². The van der Waals surface area contributed by atoms with Crippen LogP contribution in [0.25, 0.3) is 5.57 Å². The number of carbonyl (C=O) groups is 1. The number of thioether (sulfide) groups is 1. The first kappa shape index (κ1) is 23.6. The van der Waals surface area contributed by atoms with E-state index in [1.165, 1.54) is 18.4 Å². The number of pyridine rings is 1. The number of ether oxygens (including phenoxy) is 1. The van der Waals surface area contributed by atoms with Crippen molar-refractivity contribution in [3.8, 4) is 5.75 Å². The average Bonchev–Trinajstić information content (AvgIpc) is 2.83. The van der Waals surface area contributed by atoms with Crippen LogP contribution in [0.5, 0.6) is 5.75 Å². The van der Waals surface area contributed by atoms with Gasteiger partial charge in [0.2, 0.25) is 5.91 Å². The zero-order chi connectivity index (χ0) is 22.6. The molecule has 2 fully saturated rings. The number of carbonyl (C=O) groups excluding carboxylic acids is 1. The number of piperidine rings is 1. The molecule has 2 aliphatic heterocycles. The van der Waals surface area contributed by atoms with Crippen molar-refractivity contribution in [1.82, 2.24) is 14.8 Å². The molecule has 176 valence electrons. The molecule has 1 aliphatic carbocycles. The maximum absolute atomic E-state index is 12.8. The lowest BCUT2D eigenvalue weighted by atomic mass is 9.87. The summed E-state index contributed by atoms with van der Waals surface area (Å²) < 4.78 is 6.07. The average molecular weight is 458 g/mol. The molecule has 1 atom stereocenters. The van der Waals surface area contributed by atoms with Gasteiger partial charge >= 0.3 is 0 Å². The first-order valence-electron chi connectivity index (χ1n) is 12.3. The maximum Gasteiger partial charge on any atom is 0.226 e. The van der Waals surface area contributed by atoms with Gasteiger partial charge in [-0.2, -0.15) is 11.8 Å². The summed E-state index contributed by atoms with van der Waals surface area (Å²) in [5, 5.41) is 0. The summed E-state index contributed by atoms with van der Waals surface area (Å²) in [5.41, 5.74) is 2.56. The highest BCUT2D eigenvalue weighted by atomic mass is 32.2. The van der Waals surface area contributed by atoms with Gasteiger partial charge in [-0.25, -0.2) is 0 Å². The Morgan fingerprint density at radius 2 is 1.88 bits per heavy atom. The zero-order valence-corrected chi connectivity index (χ0v) is 20.8. The number of likely N-dealkylation sites (tertiary alicyclic amines) is 1. The van der Waals surface area contributed by atoms with Crippen molar-refractivity contribution in [2.24, 2.45) is 11.8 Å². The molecule has 4 rings (SSSR count). The normalized spacial score (nSPS) is 23.7. The van der Waals surface area contributed by atoms with Crippen molar-refractivity contribution >= 4 is 23.2 Å². The second kappa shape index (κ2) is 10.6. The van der Waals surface area contributed by atoms with Crippen LogP contribution in [0.2, 0.25) is 0 Å². The Bertz CT molecular complexity index is 788. The number of nitrogens with zero attached hydrogens (tertiary/aromatic N) is 3. The SMILES string of the molecule is CC(C)(C)N1CCC(COc2ccc(C3=CCC(C(=O)N4CCSCC4)CC3)nc2)CC1. The van der Waals surface area contributed by atoms with Crippen molar-refractivity contribution in [2.75, 3.05) is 44.3 Å². The minimum atomic E-state index is 0.147. The van der Waals surface area contributed by atoms with Crippen LogP contribution in [0.1, 0.15) is 58.6 Å². The number of allylic oxidation sites excluding steroid dienone is 2. The molecule has 0 spiro atoms. The Labute approximate surface area is 198 Å². The second-order valence-corrected chi connectivity index (χ2v) is 11.7. The van der Waals surface area contributed by atoms with Crippen LogP contribution in [0.4, 0.5) is 0 Å². The third kappa shape index (κ3) is 6.07. The molecule has 1 aromatic rings. The molecule has 2 saturated heterocycles. The number of hydrogen-bond donors (Lipinski definition) is 0. The maximum atomic E-state index is 12.8. The molecule has 1 unspecified atom stereocenters. The predicted molar refractivity (Wildman–Crippen MR) is 133 cm³/mol. The minimum absolute atomic E-state index is 0.147. The summed E-state index contributed by atoms with van der Waals surface area (Å²) in [6, 6.07) is 4.13. The van der Waals surface area contributed by atoms with Crippen LogP contribution in [0.3, 0.4) is 0 Å². The lowest BCUT2D eigenvalue weighted by molar-refractivity contribution is -0.135. The van der Waals surface area contributed by atoms with Crippen LogP contribution in [-0.4, -0.2) is 70.5 Å². The molecule has 5 nitrogen and oxygen atoms in total. The largest absolute Gasteiger partial charge is 0.492 e. The van der Waals surface area contributed by atoms with E-state index in [-0.39, 0.29) is 11.5 Å². The van der Waals surface area contributed by atoms with Crippen LogP contribution < -0.4 is 4.74 Å². The monoisotopic (exact) mass is 457 g/mol. The fraction of sp³-hybridized carbons (Fsp3) is 0.692. The predicted octanol–water partition coefficient (Wildman–Crippen LogP) is 4.73. The smallest absolute Gasteiger partial charge is 0.226 e. The van der Waals surface area contributed by atoms with E-state index in [1.54, 1.807) is 0 Å². The summed E-state index contributed by atoms with van der Waals surface area (Å²) in [6.07, 6.45) is 9.20. The van der Waals surface area contributed by atoms with E-state index in [0.717, 1.165) is 75.0 Å². The molecule has 3 aliphatic rings. The van der Waals surface area contributed by atoms with Crippen LogP contribution >= 0.6 is 11.8 Å². The van der Waals surface area contributed by atoms with Crippen molar-refractivity contribution in [2.45, 2.75) is 58.4 Å². The van der Waals surface area contributed by atoms with Gasteiger partial charge in [0.15, 0.2) is 0 Å². The molecule has 0 aromatic carbocycles. The molecule has 6 heteroatoms. The highest BCUT2D eigenvalue weighted by molar-refractivity contribution is 7.99. The number of hydrogen-bond acceptors (Lipinski definition) is 5. The molecule has 0 bridgehead atoms. The minimum Gasteiger partial charge on any atom is -0.492 e. The van der Waals surface area contributed by atoms with E-state index in [9.17, 15) is 4.79 Å². The summed E-state index contributed by atoms with van der Waals surface area (Å²) >= 11 is 1.95. The highest BCUT2D eigenvalue weighted by Gasteiger charge is 2.28. The third-order valence-corrected chi connectivity index (χ3v) is 8.14. The van der Waals surface area contributed by atoms with Gasteiger partial charge in [0.05, 0.1) is 18.5 Å². The molecule has 32 heavy (non-hydrogen) atoms. The van der Waals surface area contributed by atoms with Gasteiger partial charge in [-0.15, -0.1) is 0 Å². The van der Waals surface area contributed by atoms with Crippen LogP contribution in [-0.2, 0) is 4.79 Å². The first-order chi connectivity index (χ1) is 15.4. The Hall–Kier alpha value is -1.53. The molecule has 3 heterocycles. The third-order valence-electron chi connectivity index (χ3n) is 7.20. The standard InChI is InChI=1S/C26H39N3O2S/c1-26(2,3)29-12-10-20(11-13-29)19-31-23-8-9-24(27-18-23)21-4-6-22(7-5-21)25(30)28-14-16-32-17-15-28/h4,8-9,18,20,22H,5-7,10-17,19H2,1-3H3. The second-order valence-electron chi connectivity index (χ2n) is 10.4. The van der Waals surface area contributed by atoms with E-state index >= 15 is 0 Å². The van der Waals surface area contributed by atoms with Gasteiger partial charge < -0.3 is 9.64 Å². The van der Waals surface area contributed by atoms with Gasteiger partial charge in [-0.1, -0.05) is 6.08 Å². The summed E-state index contributed by atoms with van der Waals surface area (Å²) in [5.74, 6) is 4.14. The number of rotatable bonds is 5. The zero-order valence-electron chi connectivity index (χ0n) is 20.0. The Morgan fingerprint density at radius 3 is 2.47 bits per heavy atom. The lowest BCUT2D eigenvalue weighted by Gasteiger charge is -2.40. The highest BCUT2D eigenvalue weighted by Crippen LogP contribution is 2.31. The van der Waals surface area contributed by atoms with Crippen molar-refractivity contribution < 1.29 is 9.53 Å². The van der Waals surface area contributed by atoms with E-state index in [4.69, 9.17) is 4.74 Å². The summed E-state index contributed by atoms with van der Waals surface area (Å²) in [6.45, 7) is 11.8. The van der Waals surface area contributed by atoms with Crippen molar-refractivity contribution in [3.63, 3.8) is 0 Å². The van der Waals surface area contributed by atoms with E-state index < -0.39 is 0 Å². The van der Waals surface area contributed by atoms with E-state index in [0.29, 0.717) is 11.8 Å². The quantitative estimate of drug-likeness (QED) is 0.640.